The Morgan fingerprint density at radius 1 is 0.857 bits per heavy atom. The van der Waals surface area contributed by atoms with Crippen LogP contribution in [0.3, 0.4) is 0 Å². The van der Waals surface area contributed by atoms with E-state index in [0.717, 1.165) is 5.56 Å². The van der Waals surface area contributed by atoms with Gasteiger partial charge in [-0.2, -0.15) is 0 Å². The summed E-state index contributed by atoms with van der Waals surface area (Å²) in [5, 5.41) is 5.84. The Bertz CT molecular complexity index is 959. The molecule has 0 heterocycles. The lowest BCUT2D eigenvalue weighted by Gasteiger charge is -2.15. The molecule has 0 aliphatic heterocycles. The molecule has 28 heavy (non-hydrogen) atoms. The van der Waals surface area contributed by atoms with Gasteiger partial charge in [-0.3, -0.25) is 5.32 Å². The smallest absolute Gasteiger partial charge is 0.413 e. The minimum atomic E-state index is -0.549. The summed E-state index contributed by atoms with van der Waals surface area (Å²) >= 11 is 5.18. The van der Waals surface area contributed by atoms with Crippen LogP contribution < -0.4 is 10.6 Å². The molecule has 3 aromatic carbocycles. The largest absolute Gasteiger partial charge is 0.448 e. The Kier molecular flexibility index (Phi) is 5.35. The number of carbonyl (C=O) groups is 1. The molecular weight excluding hydrogens is 368 g/mol. The highest BCUT2D eigenvalue weighted by atomic mass is 32.1. The van der Waals surface area contributed by atoms with Gasteiger partial charge >= 0.3 is 6.09 Å². The highest BCUT2D eigenvalue weighted by molar-refractivity contribution is 7.80. The number of thiocarbonyl (C=S) groups is 1. The van der Waals surface area contributed by atoms with E-state index in [1.807, 2.05) is 54.6 Å². The van der Waals surface area contributed by atoms with Crippen molar-refractivity contribution in [1.29, 1.82) is 0 Å². The lowest BCUT2D eigenvalue weighted by atomic mass is 9.98. The van der Waals surface area contributed by atoms with Crippen LogP contribution in [0.5, 0.6) is 0 Å². The normalized spacial score (nSPS) is 12.0. The van der Waals surface area contributed by atoms with E-state index in [-0.39, 0.29) is 17.6 Å². The number of hydrogen-bond acceptors (Lipinski definition) is 3. The average molecular weight is 388 g/mol. The Morgan fingerprint density at radius 3 is 2.07 bits per heavy atom. The van der Waals surface area contributed by atoms with Gasteiger partial charge in [0.05, 0.1) is 0 Å². The van der Waals surface area contributed by atoms with Crippen molar-refractivity contribution in [3.8, 4) is 11.1 Å². The molecule has 140 valence electrons. The summed E-state index contributed by atoms with van der Waals surface area (Å²) in [6, 6.07) is 26.3. The molecule has 1 amide bonds. The molecule has 0 atom stereocenters. The predicted octanol–water partition coefficient (Wildman–Crippen LogP) is 4.60. The van der Waals surface area contributed by atoms with Gasteiger partial charge in [0.1, 0.15) is 6.61 Å². The summed E-state index contributed by atoms with van der Waals surface area (Å²) < 4.78 is 5.48. The first-order valence-electron chi connectivity index (χ1n) is 9.16. The molecule has 5 heteroatoms. The van der Waals surface area contributed by atoms with Crippen molar-refractivity contribution in [2.24, 2.45) is 0 Å². The van der Waals surface area contributed by atoms with E-state index in [2.05, 4.69) is 34.9 Å². The number of amides is 1. The molecule has 1 aliphatic rings. The Balaban J connectivity index is 1.34. The van der Waals surface area contributed by atoms with Gasteiger partial charge in [-0.05, 0) is 40.0 Å². The lowest BCUT2D eigenvalue weighted by molar-refractivity contribution is 0.148. The fraction of sp³-hybridized carbons (Fsp3) is 0.130. The molecule has 1 aliphatic carbocycles. The zero-order valence-electron chi connectivity index (χ0n) is 15.2. The molecule has 0 saturated heterocycles. The van der Waals surface area contributed by atoms with E-state index in [0.29, 0.717) is 6.54 Å². The topological polar surface area (TPSA) is 50.4 Å². The SMILES string of the molecule is O=C(NC(=S)NCc1ccccc1)OCC1c2ccccc2-c2ccccc21. The third-order valence-corrected chi connectivity index (χ3v) is 5.10. The van der Waals surface area contributed by atoms with Crippen molar-refractivity contribution in [2.75, 3.05) is 6.61 Å². The Morgan fingerprint density at radius 2 is 1.43 bits per heavy atom. The van der Waals surface area contributed by atoms with Crippen molar-refractivity contribution >= 4 is 23.4 Å². The fourth-order valence-electron chi connectivity index (χ4n) is 3.55. The van der Waals surface area contributed by atoms with Gasteiger partial charge in [0.25, 0.3) is 0 Å². The molecule has 0 fully saturated rings. The maximum absolute atomic E-state index is 12.2. The van der Waals surface area contributed by atoms with Gasteiger partial charge in [-0.25, -0.2) is 4.79 Å². The Hall–Kier alpha value is -3.18. The number of ether oxygens (including phenoxy) is 1. The van der Waals surface area contributed by atoms with Crippen LogP contribution in [0.25, 0.3) is 11.1 Å². The molecule has 0 radical (unpaired) electrons. The van der Waals surface area contributed by atoms with Crippen molar-refractivity contribution in [3.63, 3.8) is 0 Å². The fourth-order valence-corrected chi connectivity index (χ4v) is 3.71. The van der Waals surface area contributed by atoms with Gasteiger partial charge in [0.2, 0.25) is 0 Å². The van der Waals surface area contributed by atoms with E-state index in [1.54, 1.807) is 0 Å². The number of carbonyl (C=O) groups excluding carboxylic acids is 1. The number of fused-ring (bicyclic) bond motifs is 3. The van der Waals surface area contributed by atoms with Crippen LogP contribution in [-0.2, 0) is 11.3 Å². The van der Waals surface area contributed by atoms with Gasteiger partial charge in [0, 0.05) is 12.5 Å². The standard InChI is InChI=1S/C23H20N2O2S/c26-23(25-22(28)24-14-16-8-2-1-3-9-16)27-15-21-19-12-6-4-10-17(19)18-11-5-7-13-20(18)21/h1-13,21H,14-15H2,(H2,24,25,26,28). The van der Waals surface area contributed by atoms with E-state index in [9.17, 15) is 4.79 Å². The van der Waals surface area contributed by atoms with E-state index >= 15 is 0 Å². The van der Waals surface area contributed by atoms with Crippen molar-refractivity contribution in [2.45, 2.75) is 12.5 Å². The van der Waals surface area contributed by atoms with Crippen LogP contribution in [0.2, 0.25) is 0 Å². The molecule has 0 spiro atoms. The molecule has 0 saturated carbocycles. The molecule has 4 rings (SSSR count). The first-order valence-corrected chi connectivity index (χ1v) is 9.57. The van der Waals surface area contributed by atoms with Crippen LogP contribution in [0.15, 0.2) is 78.9 Å². The third-order valence-electron chi connectivity index (χ3n) is 4.86. The average Bonchev–Trinajstić information content (AvgIpc) is 3.05. The number of rotatable bonds is 4. The second kappa shape index (κ2) is 8.23. The number of hydrogen-bond donors (Lipinski definition) is 2. The second-order valence-electron chi connectivity index (χ2n) is 6.62. The summed E-state index contributed by atoms with van der Waals surface area (Å²) in [5.41, 5.74) is 5.85. The first-order chi connectivity index (χ1) is 13.7. The number of alkyl carbamates (subject to hydrolysis) is 1. The van der Waals surface area contributed by atoms with Gasteiger partial charge in [-0.1, -0.05) is 78.9 Å². The number of nitrogens with one attached hydrogen (secondary N) is 2. The molecule has 0 bridgehead atoms. The minimum Gasteiger partial charge on any atom is -0.448 e. The highest BCUT2D eigenvalue weighted by Gasteiger charge is 2.29. The maximum atomic E-state index is 12.2. The molecule has 0 aromatic heterocycles. The van der Waals surface area contributed by atoms with E-state index < -0.39 is 6.09 Å². The van der Waals surface area contributed by atoms with Crippen LogP contribution in [0.1, 0.15) is 22.6 Å². The Labute approximate surface area is 169 Å². The third kappa shape index (κ3) is 3.89. The van der Waals surface area contributed by atoms with E-state index in [1.165, 1.54) is 22.3 Å². The summed E-state index contributed by atoms with van der Waals surface area (Å²) in [6.45, 7) is 0.810. The molecular formula is C23H20N2O2S. The van der Waals surface area contributed by atoms with Crippen LogP contribution in [-0.4, -0.2) is 17.8 Å². The summed E-state index contributed by atoms with van der Waals surface area (Å²) in [7, 11) is 0. The van der Waals surface area contributed by atoms with Crippen molar-refractivity contribution < 1.29 is 9.53 Å². The van der Waals surface area contributed by atoms with E-state index in [4.69, 9.17) is 17.0 Å². The predicted molar refractivity (Wildman–Crippen MR) is 114 cm³/mol. The first kappa shape index (κ1) is 18.2. The highest BCUT2D eigenvalue weighted by Crippen LogP contribution is 2.44. The van der Waals surface area contributed by atoms with Gasteiger partial charge in [0.15, 0.2) is 5.11 Å². The minimum absolute atomic E-state index is 0.0315. The molecule has 3 aromatic rings. The molecule has 2 N–H and O–H groups in total. The van der Waals surface area contributed by atoms with Gasteiger partial charge in [-0.15, -0.1) is 0 Å². The zero-order valence-corrected chi connectivity index (χ0v) is 16.0. The van der Waals surface area contributed by atoms with Crippen molar-refractivity contribution in [1.82, 2.24) is 10.6 Å². The summed E-state index contributed by atoms with van der Waals surface area (Å²) in [6.07, 6.45) is -0.549. The summed E-state index contributed by atoms with van der Waals surface area (Å²) in [4.78, 5) is 12.2. The molecule has 0 unspecified atom stereocenters. The van der Waals surface area contributed by atoms with Crippen LogP contribution in [0, 0.1) is 0 Å². The second-order valence-corrected chi connectivity index (χ2v) is 7.03. The van der Waals surface area contributed by atoms with Crippen LogP contribution in [0.4, 0.5) is 4.79 Å². The van der Waals surface area contributed by atoms with Crippen molar-refractivity contribution in [3.05, 3.63) is 95.6 Å². The summed E-state index contributed by atoms with van der Waals surface area (Å²) in [5.74, 6) is 0.0315. The van der Waals surface area contributed by atoms with Gasteiger partial charge < -0.3 is 10.1 Å². The van der Waals surface area contributed by atoms with Crippen LogP contribution >= 0.6 is 12.2 Å². The monoisotopic (exact) mass is 388 g/mol. The lowest BCUT2D eigenvalue weighted by Crippen LogP contribution is -2.39. The maximum Gasteiger partial charge on any atom is 0.413 e. The quantitative estimate of drug-likeness (QED) is 0.642. The zero-order chi connectivity index (χ0) is 19.3. The molecule has 4 nitrogen and oxygen atoms in total. The number of benzene rings is 3.